The Morgan fingerprint density at radius 1 is 0.340 bits per heavy atom. The zero-order valence-electron chi connectivity index (χ0n) is 32.4. The molecule has 0 unspecified atom stereocenters. The fourth-order valence-corrected chi connectivity index (χ4v) is 8.63. The summed E-state index contributed by atoms with van der Waals surface area (Å²) in [5.41, 5.74) is 16.1. The molecular formula is C53H48. The minimum Gasteiger partial charge on any atom is -0.0619 e. The molecular weight excluding hydrogens is 637 g/mol. The molecule has 0 radical (unpaired) electrons. The maximum Gasteiger partial charge on any atom is 0.0159 e. The molecule has 0 aliphatic heterocycles. The van der Waals surface area contributed by atoms with Gasteiger partial charge >= 0.3 is 0 Å². The largest absolute Gasteiger partial charge is 0.0619 e. The first kappa shape index (κ1) is 33.4. The van der Waals surface area contributed by atoms with E-state index in [0.29, 0.717) is 0 Å². The molecule has 0 nitrogen and oxygen atoms in total. The Kier molecular flexibility index (Phi) is 7.42. The molecule has 53 heavy (non-hydrogen) atoms. The molecule has 0 amide bonds. The lowest BCUT2D eigenvalue weighted by atomic mass is 9.79. The van der Waals surface area contributed by atoms with E-state index in [-0.39, 0.29) is 16.2 Å². The van der Waals surface area contributed by atoms with E-state index >= 15 is 0 Å². The molecule has 1 aliphatic carbocycles. The van der Waals surface area contributed by atoms with E-state index in [1.165, 1.54) is 99.1 Å². The van der Waals surface area contributed by atoms with Crippen LogP contribution < -0.4 is 0 Å². The smallest absolute Gasteiger partial charge is 0.0159 e. The van der Waals surface area contributed by atoms with Crippen LogP contribution in [0.3, 0.4) is 0 Å². The Hall–Kier alpha value is -5.46. The lowest BCUT2D eigenvalue weighted by Crippen LogP contribution is -2.16. The molecule has 0 fully saturated rings. The number of rotatable bonds is 3. The fraction of sp³-hybridized carbons (Fsp3) is 0.208. The van der Waals surface area contributed by atoms with Crippen molar-refractivity contribution in [3.05, 3.63) is 168 Å². The van der Waals surface area contributed by atoms with Gasteiger partial charge in [-0.25, -0.2) is 0 Å². The highest BCUT2D eigenvalue weighted by atomic mass is 14.4. The van der Waals surface area contributed by atoms with E-state index in [1.807, 2.05) is 0 Å². The van der Waals surface area contributed by atoms with Crippen LogP contribution in [0.1, 0.15) is 77.6 Å². The first-order valence-corrected chi connectivity index (χ1v) is 19.2. The van der Waals surface area contributed by atoms with E-state index in [9.17, 15) is 0 Å². The number of hydrogen-bond donors (Lipinski definition) is 0. The van der Waals surface area contributed by atoms with E-state index < -0.39 is 0 Å². The zero-order valence-corrected chi connectivity index (χ0v) is 32.4. The van der Waals surface area contributed by atoms with Gasteiger partial charge in [0.2, 0.25) is 0 Å². The molecule has 0 aromatic heterocycles. The van der Waals surface area contributed by atoms with Crippen molar-refractivity contribution in [3.8, 4) is 44.5 Å². The summed E-state index contributed by atoms with van der Waals surface area (Å²) in [4.78, 5) is 0. The second-order valence-electron chi connectivity index (χ2n) is 17.9. The van der Waals surface area contributed by atoms with Gasteiger partial charge in [-0.3, -0.25) is 0 Å². The van der Waals surface area contributed by atoms with Gasteiger partial charge in [0, 0.05) is 5.41 Å². The highest BCUT2D eigenvalue weighted by Crippen LogP contribution is 2.50. The molecule has 0 atom stereocenters. The van der Waals surface area contributed by atoms with E-state index in [0.717, 1.165) is 0 Å². The highest BCUT2D eigenvalue weighted by molar-refractivity contribution is 6.18. The number of hydrogen-bond acceptors (Lipinski definition) is 0. The fourth-order valence-electron chi connectivity index (χ4n) is 8.63. The molecule has 8 aromatic carbocycles. The van der Waals surface area contributed by atoms with Crippen molar-refractivity contribution in [1.82, 2.24) is 0 Å². The van der Waals surface area contributed by atoms with Crippen LogP contribution in [0, 0.1) is 0 Å². The monoisotopic (exact) mass is 684 g/mol. The molecule has 0 heterocycles. The molecule has 9 rings (SSSR count). The van der Waals surface area contributed by atoms with Crippen molar-refractivity contribution in [2.45, 2.75) is 71.6 Å². The maximum absolute atomic E-state index is 2.45. The standard InChI is InChI=1S/C53H48/c1-51(2,3)41-28-40(29-42(31-41)52(4,5)6)36-19-15-34(16-20-36)33-13-17-35(18-14-33)37-21-24-43-38(27-37)22-26-45-44(43)25-23-39-30-50-48(32-47(39)45)46-11-9-10-12-49(46)53(50,7)8/h9-32H,1-8H3. The van der Waals surface area contributed by atoms with Crippen molar-refractivity contribution in [3.63, 3.8) is 0 Å². The molecule has 260 valence electrons. The summed E-state index contributed by atoms with van der Waals surface area (Å²) in [5.74, 6) is 0. The van der Waals surface area contributed by atoms with E-state index in [2.05, 4.69) is 201 Å². The Labute approximate surface area is 315 Å². The van der Waals surface area contributed by atoms with Gasteiger partial charge in [0.05, 0.1) is 0 Å². The minimum absolute atomic E-state index is 0.00751. The Bertz CT molecular complexity index is 2690. The Morgan fingerprint density at radius 2 is 0.811 bits per heavy atom. The Morgan fingerprint density at radius 3 is 1.40 bits per heavy atom. The van der Waals surface area contributed by atoms with Crippen LogP contribution in [0.25, 0.3) is 76.8 Å². The van der Waals surface area contributed by atoms with Crippen molar-refractivity contribution in [2.75, 3.05) is 0 Å². The average molecular weight is 685 g/mol. The van der Waals surface area contributed by atoms with Gasteiger partial charge in [0.15, 0.2) is 0 Å². The van der Waals surface area contributed by atoms with Crippen LogP contribution in [-0.2, 0) is 16.2 Å². The average Bonchev–Trinajstić information content (AvgIpc) is 3.38. The first-order chi connectivity index (χ1) is 25.3. The quantitative estimate of drug-likeness (QED) is 0.163. The number of benzene rings is 8. The van der Waals surface area contributed by atoms with Crippen LogP contribution in [0.2, 0.25) is 0 Å². The number of fused-ring (bicyclic) bond motifs is 8. The van der Waals surface area contributed by atoms with Crippen molar-refractivity contribution >= 4 is 32.3 Å². The predicted molar refractivity (Wildman–Crippen MR) is 230 cm³/mol. The molecule has 1 aliphatic rings. The van der Waals surface area contributed by atoms with Crippen molar-refractivity contribution < 1.29 is 0 Å². The second kappa shape index (κ2) is 11.8. The lowest BCUT2D eigenvalue weighted by Gasteiger charge is -2.26. The summed E-state index contributed by atoms with van der Waals surface area (Å²) in [6.45, 7) is 18.5. The molecule has 0 saturated heterocycles. The first-order valence-electron chi connectivity index (χ1n) is 19.2. The summed E-state index contributed by atoms with van der Waals surface area (Å²) in [6.07, 6.45) is 0. The van der Waals surface area contributed by atoms with Crippen LogP contribution >= 0.6 is 0 Å². The molecule has 0 saturated carbocycles. The van der Waals surface area contributed by atoms with Gasteiger partial charge in [-0.15, -0.1) is 0 Å². The van der Waals surface area contributed by atoms with Crippen molar-refractivity contribution in [2.24, 2.45) is 0 Å². The van der Waals surface area contributed by atoms with Gasteiger partial charge in [0.1, 0.15) is 0 Å². The zero-order chi connectivity index (χ0) is 36.9. The van der Waals surface area contributed by atoms with Crippen LogP contribution in [-0.4, -0.2) is 0 Å². The molecule has 0 heteroatoms. The SMILES string of the molecule is CC(C)(C)c1cc(-c2ccc(-c3ccc(-c4ccc5c(ccc6c7cc8c(cc7ccc56)C(C)(C)c5ccccc5-8)c4)cc3)cc2)cc(C(C)(C)C)c1. The van der Waals surface area contributed by atoms with E-state index in [1.54, 1.807) is 0 Å². The van der Waals surface area contributed by atoms with Crippen LogP contribution in [0.5, 0.6) is 0 Å². The highest BCUT2D eigenvalue weighted by Gasteiger charge is 2.35. The summed E-state index contributed by atoms with van der Waals surface area (Å²) in [6, 6.07) is 55.3. The topological polar surface area (TPSA) is 0 Å². The second-order valence-corrected chi connectivity index (χ2v) is 17.9. The third-order valence-corrected chi connectivity index (χ3v) is 12.0. The van der Waals surface area contributed by atoms with Gasteiger partial charge in [-0.1, -0.05) is 183 Å². The summed E-state index contributed by atoms with van der Waals surface area (Å²) < 4.78 is 0. The van der Waals surface area contributed by atoms with Gasteiger partial charge in [-0.05, 0) is 128 Å². The van der Waals surface area contributed by atoms with Gasteiger partial charge < -0.3 is 0 Å². The summed E-state index contributed by atoms with van der Waals surface area (Å²) in [5, 5.41) is 7.84. The van der Waals surface area contributed by atoms with Crippen LogP contribution in [0.4, 0.5) is 0 Å². The van der Waals surface area contributed by atoms with Gasteiger partial charge in [0.25, 0.3) is 0 Å². The predicted octanol–water partition coefficient (Wildman–Crippen LogP) is 15.0. The molecule has 0 bridgehead atoms. The summed E-state index contributed by atoms with van der Waals surface area (Å²) in [7, 11) is 0. The lowest BCUT2D eigenvalue weighted by molar-refractivity contribution is 0.569. The molecule has 8 aromatic rings. The third-order valence-electron chi connectivity index (χ3n) is 12.0. The summed E-state index contributed by atoms with van der Waals surface area (Å²) >= 11 is 0. The normalized spacial score (nSPS) is 13.8. The molecule has 0 spiro atoms. The maximum atomic E-state index is 2.45. The van der Waals surface area contributed by atoms with Crippen molar-refractivity contribution in [1.29, 1.82) is 0 Å². The van der Waals surface area contributed by atoms with Gasteiger partial charge in [-0.2, -0.15) is 0 Å². The molecule has 0 N–H and O–H groups in total. The minimum atomic E-state index is 0.00751. The van der Waals surface area contributed by atoms with Crippen LogP contribution in [0.15, 0.2) is 146 Å². The third kappa shape index (κ3) is 5.59. The van der Waals surface area contributed by atoms with E-state index in [4.69, 9.17) is 0 Å². The Balaban J connectivity index is 1.02.